The lowest BCUT2D eigenvalue weighted by Crippen LogP contribution is -2.27. The van der Waals surface area contributed by atoms with Gasteiger partial charge in [0.25, 0.3) is 5.91 Å². The Morgan fingerprint density at radius 3 is 3.00 bits per heavy atom. The topological polar surface area (TPSA) is 88.0 Å². The average Bonchev–Trinajstić information content (AvgIpc) is 3.19. The highest BCUT2D eigenvalue weighted by Crippen LogP contribution is 2.26. The van der Waals surface area contributed by atoms with Crippen molar-refractivity contribution in [3.8, 4) is 0 Å². The van der Waals surface area contributed by atoms with Gasteiger partial charge in [-0.25, -0.2) is 4.98 Å². The van der Waals surface area contributed by atoms with Gasteiger partial charge in [0, 0.05) is 30.8 Å². The zero-order chi connectivity index (χ0) is 18.1. The first-order chi connectivity index (χ1) is 12.6. The Hall–Kier alpha value is -2.89. The standard InChI is InChI=1S/C20H21N3O3/c1-12-18(19-14(22-12)7-4-8-15(19)24)20(25)21-11-5-10-17-23-13-6-2-3-9-16(13)26-17/h2-3,6,9,22H,4-5,7-8,10-11H2,1H3,(H,21,25). The molecule has 2 aromatic heterocycles. The second-order valence-corrected chi connectivity index (χ2v) is 6.69. The van der Waals surface area contributed by atoms with E-state index in [2.05, 4.69) is 15.3 Å². The van der Waals surface area contributed by atoms with Crippen LogP contribution in [0.5, 0.6) is 0 Å². The molecule has 6 nitrogen and oxygen atoms in total. The minimum Gasteiger partial charge on any atom is -0.441 e. The average molecular weight is 351 g/mol. The fourth-order valence-corrected chi connectivity index (χ4v) is 3.58. The van der Waals surface area contributed by atoms with Gasteiger partial charge in [0.2, 0.25) is 0 Å². The Balaban J connectivity index is 1.37. The van der Waals surface area contributed by atoms with Crippen molar-refractivity contribution in [2.75, 3.05) is 6.54 Å². The number of carbonyl (C=O) groups excluding carboxylic acids is 2. The van der Waals surface area contributed by atoms with Crippen LogP contribution in [0.1, 0.15) is 57.3 Å². The van der Waals surface area contributed by atoms with Crippen LogP contribution in [0.25, 0.3) is 11.1 Å². The molecule has 0 radical (unpaired) electrons. The van der Waals surface area contributed by atoms with Gasteiger partial charge in [-0.05, 0) is 38.3 Å². The zero-order valence-corrected chi connectivity index (χ0v) is 14.7. The van der Waals surface area contributed by atoms with Crippen LogP contribution in [0.4, 0.5) is 0 Å². The van der Waals surface area contributed by atoms with Crippen molar-refractivity contribution in [3.05, 3.63) is 52.7 Å². The van der Waals surface area contributed by atoms with Gasteiger partial charge in [0.05, 0.1) is 11.1 Å². The molecular weight excluding hydrogens is 330 g/mol. The van der Waals surface area contributed by atoms with Crippen LogP contribution < -0.4 is 5.32 Å². The predicted molar refractivity (Wildman–Crippen MR) is 97.5 cm³/mol. The maximum absolute atomic E-state index is 12.6. The molecule has 1 aliphatic carbocycles. The molecule has 0 aliphatic heterocycles. The van der Waals surface area contributed by atoms with Crippen LogP contribution >= 0.6 is 0 Å². The van der Waals surface area contributed by atoms with Crippen LogP contribution in [0, 0.1) is 6.92 Å². The molecule has 1 aromatic carbocycles. The van der Waals surface area contributed by atoms with Crippen molar-refractivity contribution in [1.29, 1.82) is 0 Å². The van der Waals surface area contributed by atoms with Crippen LogP contribution in [0.2, 0.25) is 0 Å². The summed E-state index contributed by atoms with van der Waals surface area (Å²) in [5.41, 5.74) is 4.38. The molecule has 0 fully saturated rings. The van der Waals surface area contributed by atoms with E-state index < -0.39 is 0 Å². The number of amides is 1. The quantitative estimate of drug-likeness (QED) is 0.690. The second kappa shape index (κ2) is 6.78. The maximum atomic E-state index is 12.6. The zero-order valence-electron chi connectivity index (χ0n) is 14.7. The number of aromatic nitrogens is 2. The number of ketones is 1. The van der Waals surface area contributed by atoms with Gasteiger partial charge < -0.3 is 14.7 Å². The Labute approximate surface area is 151 Å². The summed E-state index contributed by atoms with van der Waals surface area (Å²) >= 11 is 0. The Kier molecular flexibility index (Phi) is 4.32. The van der Waals surface area contributed by atoms with Crippen LogP contribution in [0.15, 0.2) is 28.7 Å². The number of nitrogens with zero attached hydrogens (tertiary/aromatic N) is 1. The van der Waals surface area contributed by atoms with E-state index in [1.807, 2.05) is 31.2 Å². The van der Waals surface area contributed by atoms with Crippen LogP contribution in [-0.4, -0.2) is 28.2 Å². The van der Waals surface area contributed by atoms with Crippen LogP contribution in [-0.2, 0) is 12.8 Å². The van der Waals surface area contributed by atoms with Crippen molar-refractivity contribution < 1.29 is 14.0 Å². The Bertz CT molecular complexity index is 951. The number of hydrogen-bond acceptors (Lipinski definition) is 4. The van der Waals surface area contributed by atoms with Crippen molar-refractivity contribution >= 4 is 22.8 Å². The highest BCUT2D eigenvalue weighted by Gasteiger charge is 2.28. The summed E-state index contributed by atoms with van der Waals surface area (Å²) in [6.45, 7) is 2.35. The third kappa shape index (κ3) is 3.03. The molecule has 0 spiro atoms. The number of hydrogen-bond donors (Lipinski definition) is 2. The smallest absolute Gasteiger partial charge is 0.253 e. The first kappa shape index (κ1) is 16.6. The van der Waals surface area contributed by atoms with E-state index in [0.717, 1.165) is 41.8 Å². The van der Waals surface area contributed by atoms with E-state index in [1.165, 1.54) is 0 Å². The number of H-pyrrole nitrogens is 1. The molecule has 0 saturated heterocycles. The molecule has 2 heterocycles. The molecule has 26 heavy (non-hydrogen) atoms. The lowest BCUT2D eigenvalue weighted by atomic mass is 9.93. The first-order valence-electron chi connectivity index (χ1n) is 9.01. The summed E-state index contributed by atoms with van der Waals surface area (Å²) in [4.78, 5) is 32.4. The van der Waals surface area contributed by atoms with Gasteiger partial charge in [0.1, 0.15) is 5.52 Å². The summed E-state index contributed by atoms with van der Waals surface area (Å²) in [5, 5.41) is 2.92. The number of oxazole rings is 1. The predicted octanol–water partition coefficient (Wildman–Crippen LogP) is 3.35. The third-order valence-corrected chi connectivity index (χ3v) is 4.79. The molecule has 0 atom stereocenters. The van der Waals surface area contributed by atoms with Crippen molar-refractivity contribution in [2.45, 2.75) is 39.0 Å². The van der Waals surface area contributed by atoms with Crippen LogP contribution in [0.3, 0.4) is 0 Å². The number of fused-ring (bicyclic) bond motifs is 2. The third-order valence-electron chi connectivity index (χ3n) is 4.79. The highest BCUT2D eigenvalue weighted by atomic mass is 16.3. The fourth-order valence-electron chi connectivity index (χ4n) is 3.58. The molecular formula is C20H21N3O3. The van der Waals surface area contributed by atoms with Gasteiger partial charge in [-0.1, -0.05) is 12.1 Å². The SMILES string of the molecule is Cc1[nH]c2c(c1C(=O)NCCCc1nc3ccccc3o1)C(=O)CCC2. The number of carbonyl (C=O) groups is 2. The normalized spacial score (nSPS) is 13.8. The number of benzene rings is 1. The molecule has 2 N–H and O–H groups in total. The molecule has 1 amide bonds. The minimum atomic E-state index is -0.187. The molecule has 4 rings (SSSR count). The van der Waals surface area contributed by atoms with E-state index >= 15 is 0 Å². The molecule has 134 valence electrons. The van der Waals surface area contributed by atoms with Gasteiger partial charge >= 0.3 is 0 Å². The Morgan fingerprint density at radius 2 is 2.15 bits per heavy atom. The van der Waals surface area contributed by atoms with E-state index in [1.54, 1.807) is 0 Å². The summed E-state index contributed by atoms with van der Waals surface area (Å²) in [6.07, 6.45) is 3.56. The minimum absolute atomic E-state index is 0.0622. The van der Waals surface area contributed by atoms with E-state index in [-0.39, 0.29) is 11.7 Å². The number of aromatic amines is 1. The summed E-state index contributed by atoms with van der Waals surface area (Å²) in [6, 6.07) is 7.65. The summed E-state index contributed by atoms with van der Waals surface area (Å²) in [7, 11) is 0. The van der Waals surface area contributed by atoms with Gasteiger partial charge in [-0.15, -0.1) is 0 Å². The number of Topliss-reactive ketones (excluding diaryl/α,β-unsaturated/α-hetero) is 1. The number of rotatable bonds is 5. The lowest BCUT2D eigenvalue weighted by molar-refractivity contribution is 0.0927. The molecule has 1 aliphatic rings. The van der Waals surface area contributed by atoms with E-state index in [4.69, 9.17) is 4.42 Å². The fraction of sp³-hybridized carbons (Fsp3) is 0.350. The largest absolute Gasteiger partial charge is 0.441 e. The lowest BCUT2D eigenvalue weighted by Gasteiger charge is -2.11. The van der Waals surface area contributed by atoms with Gasteiger partial charge in [0.15, 0.2) is 17.3 Å². The number of nitrogens with one attached hydrogen (secondary N) is 2. The highest BCUT2D eigenvalue weighted by molar-refractivity contribution is 6.10. The van der Waals surface area contributed by atoms with E-state index in [0.29, 0.717) is 36.4 Å². The van der Waals surface area contributed by atoms with Crippen molar-refractivity contribution in [1.82, 2.24) is 15.3 Å². The monoisotopic (exact) mass is 351 g/mol. The molecule has 0 saturated carbocycles. The van der Waals surface area contributed by atoms with Crippen molar-refractivity contribution in [3.63, 3.8) is 0 Å². The van der Waals surface area contributed by atoms with Crippen molar-refractivity contribution in [2.24, 2.45) is 0 Å². The number of aryl methyl sites for hydroxylation is 3. The maximum Gasteiger partial charge on any atom is 0.253 e. The first-order valence-corrected chi connectivity index (χ1v) is 9.01. The Morgan fingerprint density at radius 1 is 1.31 bits per heavy atom. The van der Waals surface area contributed by atoms with Gasteiger partial charge in [-0.2, -0.15) is 0 Å². The van der Waals surface area contributed by atoms with E-state index in [9.17, 15) is 9.59 Å². The summed E-state index contributed by atoms with van der Waals surface area (Å²) in [5.74, 6) is 0.547. The molecule has 0 unspecified atom stereocenters. The number of para-hydroxylation sites is 2. The van der Waals surface area contributed by atoms with Gasteiger partial charge in [-0.3, -0.25) is 9.59 Å². The molecule has 6 heteroatoms. The molecule has 3 aromatic rings. The summed E-state index contributed by atoms with van der Waals surface area (Å²) < 4.78 is 5.68. The molecule has 0 bridgehead atoms. The second-order valence-electron chi connectivity index (χ2n) is 6.69.